The minimum Gasteiger partial charge on any atom is -0.493 e. The summed E-state index contributed by atoms with van der Waals surface area (Å²) in [6.45, 7) is 7.35. The third-order valence-electron chi connectivity index (χ3n) is 5.19. The first-order chi connectivity index (χ1) is 14.9. The topological polar surface area (TPSA) is 67.9 Å². The van der Waals surface area contributed by atoms with Crippen LogP contribution in [0.4, 0.5) is 5.69 Å². The summed E-state index contributed by atoms with van der Waals surface area (Å²) >= 11 is 0. The Morgan fingerprint density at radius 1 is 1.10 bits per heavy atom. The van der Waals surface area contributed by atoms with Crippen molar-refractivity contribution in [1.29, 1.82) is 0 Å². The average Bonchev–Trinajstić information content (AvgIpc) is 3.28. The lowest BCUT2D eigenvalue weighted by Crippen LogP contribution is -2.28. The van der Waals surface area contributed by atoms with Crippen molar-refractivity contribution >= 4 is 23.6 Å². The Kier molecular flexibility index (Phi) is 7.34. The van der Waals surface area contributed by atoms with Crippen LogP contribution in [0.15, 0.2) is 42.5 Å². The van der Waals surface area contributed by atoms with Gasteiger partial charge < -0.3 is 19.7 Å². The molecule has 6 nitrogen and oxygen atoms in total. The van der Waals surface area contributed by atoms with Crippen LogP contribution in [0.25, 0.3) is 6.08 Å². The molecular formula is C25H30N2O4. The molecule has 2 aromatic carbocycles. The molecule has 1 aliphatic heterocycles. The minimum atomic E-state index is -0.268. The van der Waals surface area contributed by atoms with E-state index in [-0.39, 0.29) is 17.9 Å². The van der Waals surface area contributed by atoms with Gasteiger partial charge in [-0.25, -0.2) is 0 Å². The van der Waals surface area contributed by atoms with Crippen LogP contribution in [-0.4, -0.2) is 43.0 Å². The van der Waals surface area contributed by atoms with E-state index in [9.17, 15) is 9.59 Å². The number of ether oxygens (including phenoxy) is 2. The Balaban J connectivity index is 1.70. The molecule has 1 fully saturated rings. The SMILES string of the molecule is COc1cc(/C=C/C(=O)Nc2cccc(C(=O)N3CCCC3)c2C)ccc1OC(C)C. The molecule has 3 rings (SSSR count). The van der Waals surface area contributed by atoms with Gasteiger partial charge in [0.25, 0.3) is 5.91 Å². The second kappa shape index (κ2) is 10.2. The number of carbonyl (C=O) groups is 2. The average molecular weight is 423 g/mol. The van der Waals surface area contributed by atoms with Gasteiger partial charge in [0.1, 0.15) is 0 Å². The van der Waals surface area contributed by atoms with Gasteiger partial charge in [-0.3, -0.25) is 9.59 Å². The summed E-state index contributed by atoms with van der Waals surface area (Å²) < 4.78 is 11.1. The van der Waals surface area contributed by atoms with E-state index in [0.717, 1.165) is 37.1 Å². The summed E-state index contributed by atoms with van der Waals surface area (Å²) in [5.74, 6) is 1.03. The highest BCUT2D eigenvalue weighted by molar-refractivity contribution is 6.04. The summed E-state index contributed by atoms with van der Waals surface area (Å²) in [4.78, 5) is 27.1. The number of hydrogen-bond acceptors (Lipinski definition) is 4. The van der Waals surface area contributed by atoms with Crippen LogP contribution in [0.5, 0.6) is 11.5 Å². The quantitative estimate of drug-likeness (QED) is 0.658. The third kappa shape index (κ3) is 5.66. The number of methoxy groups -OCH3 is 1. The molecule has 31 heavy (non-hydrogen) atoms. The lowest BCUT2D eigenvalue weighted by molar-refractivity contribution is -0.111. The predicted octanol–water partition coefficient (Wildman–Crippen LogP) is 4.68. The van der Waals surface area contributed by atoms with Crippen LogP contribution in [0.3, 0.4) is 0 Å². The summed E-state index contributed by atoms with van der Waals surface area (Å²) in [5.41, 5.74) is 2.86. The van der Waals surface area contributed by atoms with Gasteiger partial charge in [-0.05, 0) is 75.1 Å². The van der Waals surface area contributed by atoms with Crippen molar-refractivity contribution in [3.63, 3.8) is 0 Å². The van der Waals surface area contributed by atoms with E-state index < -0.39 is 0 Å². The lowest BCUT2D eigenvalue weighted by Gasteiger charge is -2.18. The van der Waals surface area contributed by atoms with Crippen LogP contribution in [0.1, 0.15) is 48.2 Å². The van der Waals surface area contributed by atoms with Crippen LogP contribution in [0, 0.1) is 6.92 Å². The predicted molar refractivity (Wildman–Crippen MR) is 123 cm³/mol. The number of hydrogen-bond donors (Lipinski definition) is 1. The number of nitrogens with zero attached hydrogens (tertiary/aromatic N) is 1. The normalized spacial score (nSPS) is 13.6. The smallest absolute Gasteiger partial charge is 0.254 e. The van der Waals surface area contributed by atoms with Crippen molar-refractivity contribution < 1.29 is 19.1 Å². The number of amides is 2. The van der Waals surface area contributed by atoms with Gasteiger partial charge in [-0.2, -0.15) is 0 Å². The number of anilines is 1. The second-order valence-electron chi connectivity index (χ2n) is 7.88. The molecule has 1 N–H and O–H groups in total. The van der Waals surface area contributed by atoms with Gasteiger partial charge in [0.15, 0.2) is 11.5 Å². The van der Waals surface area contributed by atoms with Crippen molar-refractivity contribution in [2.24, 2.45) is 0 Å². The summed E-state index contributed by atoms with van der Waals surface area (Å²) in [7, 11) is 1.59. The molecule has 2 amide bonds. The van der Waals surface area contributed by atoms with Gasteiger partial charge in [-0.15, -0.1) is 0 Å². The van der Waals surface area contributed by atoms with Crippen LogP contribution >= 0.6 is 0 Å². The van der Waals surface area contributed by atoms with Crippen LogP contribution in [-0.2, 0) is 4.79 Å². The van der Waals surface area contributed by atoms with Crippen molar-refractivity contribution in [2.75, 3.05) is 25.5 Å². The maximum atomic E-state index is 12.7. The van der Waals surface area contributed by atoms with Gasteiger partial charge in [0.2, 0.25) is 5.91 Å². The van der Waals surface area contributed by atoms with E-state index in [1.54, 1.807) is 19.3 Å². The van der Waals surface area contributed by atoms with Gasteiger partial charge >= 0.3 is 0 Å². The number of likely N-dealkylation sites (tertiary alicyclic amines) is 1. The Hall–Kier alpha value is -3.28. The molecule has 164 valence electrons. The fraction of sp³-hybridized carbons (Fsp3) is 0.360. The molecule has 1 saturated heterocycles. The Labute approximate surface area is 183 Å². The summed E-state index contributed by atoms with van der Waals surface area (Å²) in [5, 5.41) is 2.88. The Bertz CT molecular complexity index is 975. The second-order valence-corrected chi connectivity index (χ2v) is 7.88. The molecule has 6 heteroatoms. The first-order valence-corrected chi connectivity index (χ1v) is 10.6. The Morgan fingerprint density at radius 2 is 1.84 bits per heavy atom. The van der Waals surface area contributed by atoms with E-state index >= 15 is 0 Å². The number of rotatable bonds is 7. The molecule has 0 unspecified atom stereocenters. The molecule has 0 atom stereocenters. The minimum absolute atomic E-state index is 0.0254. The molecule has 0 saturated carbocycles. The largest absolute Gasteiger partial charge is 0.493 e. The summed E-state index contributed by atoms with van der Waals surface area (Å²) in [6.07, 6.45) is 5.30. The molecular weight excluding hydrogens is 392 g/mol. The zero-order valence-electron chi connectivity index (χ0n) is 18.6. The molecule has 0 aromatic heterocycles. The zero-order valence-corrected chi connectivity index (χ0v) is 18.6. The van der Waals surface area contributed by atoms with E-state index in [0.29, 0.717) is 22.7 Å². The van der Waals surface area contributed by atoms with Crippen LogP contribution < -0.4 is 14.8 Å². The van der Waals surface area contributed by atoms with E-state index in [2.05, 4.69) is 5.32 Å². The highest BCUT2D eigenvalue weighted by Crippen LogP contribution is 2.29. The maximum Gasteiger partial charge on any atom is 0.254 e. The maximum absolute atomic E-state index is 12.7. The van der Waals surface area contributed by atoms with Crippen LogP contribution in [0.2, 0.25) is 0 Å². The molecule has 2 aromatic rings. The van der Waals surface area contributed by atoms with E-state index in [4.69, 9.17) is 9.47 Å². The Morgan fingerprint density at radius 3 is 2.52 bits per heavy atom. The third-order valence-corrected chi connectivity index (χ3v) is 5.19. The fourth-order valence-electron chi connectivity index (χ4n) is 3.58. The number of nitrogens with one attached hydrogen (secondary N) is 1. The monoisotopic (exact) mass is 422 g/mol. The van der Waals surface area contributed by atoms with Crippen molar-refractivity contribution in [3.8, 4) is 11.5 Å². The standard InChI is InChI=1S/C25H30N2O4/c1-17(2)31-22-12-10-19(16-23(22)30-4)11-13-24(28)26-21-9-7-8-20(18(21)3)25(29)27-14-5-6-15-27/h7-13,16-17H,5-6,14-15H2,1-4H3,(H,26,28)/b13-11+. The van der Waals surface area contributed by atoms with Gasteiger partial charge in [-0.1, -0.05) is 12.1 Å². The number of benzene rings is 2. The molecule has 1 heterocycles. The lowest BCUT2D eigenvalue weighted by atomic mass is 10.1. The highest BCUT2D eigenvalue weighted by Gasteiger charge is 2.21. The first-order valence-electron chi connectivity index (χ1n) is 10.6. The first kappa shape index (κ1) is 22.4. The number of carbonyl (C=O) groups excluding carboxylic acids is 2. The fourth-order valence-corrected chi connectivity index (χ4v) is 3.58. The molecule has 0 spiro atoms. The van der Waals surface area contributed by atoms with Gasteiger partial charge in [0, 0.05) is 30.4 Å². The van der Waals surface area contributed by atoms with Crippen molar-refractivity contribution in [2.45, 2.75) is 39.7 Å². The molecule has 0 bridgehead atoms. The zero-order chi connectivity index (χ0) is 22.4. The molecule has 1 aliphatic rings. The highest BCUT2D eigenvalue weighted by atomic mass is 16.5. The molecule has 0 radical (unpaired) electrons. The van der Waals surface area contributed by atoms with E-state index in [1.165, 1.54) is 6.08 Å². The molecule has 0 aliphatic carbocycles. The van der Waals surface area contributed by atoms with Crippen molar-refractivity contribution in [1.82, 2.24) is 4.90 Å². The van der Waals surface area contributed by atoms with Gasteiger partial charge in [0.05, 0.1) is 13.2 Å². The summed E-state index contributed by atoms with van der Waals surface area (Å²) in [6, 6.07) is 10.9. The van der Waals surface area contributed by atoms with E-state index in [1.807, 2.05) is 56.0 Å². The van der Waals surface area contributed by atoms with Crippen molar-refractivity contribution in [3.05, 3.63) is 59.2 Å².